The first kappa shape index (κ1) is 8.59. The van der Waals surface area contributed by atoms with Crippen LogP contribution in [0.25, 0.3) is 0 Å². The van der Waals surface area contributed by atoms with E-state index in [1.54, 1.807) is 14.0 Å². The normalized spacial score (nSPS) is 11.0. The summed E-state index contributed by atoms with van der Waals surface area (Å²) in [5.74, 6) is 0.610. The molecule has 3 nitrogen and oxygen atoms in total. The number of nitrogens with zero attached hydrogens (tertiary/aromatic N) is 1. The summed E-state index contributed by atoms with van der Waals surface area (Å²) in [6, 6.07) is 9.72. The number of nitrogens with one attached hydrogen (secondary N) is 1. The number of hydrogen-bond donors (Lipinski definition) is 1. The summed E-state index contributed by atoms with van der Waals surface area (Å²) < 4.78 is 4.86. The average molecular weight is 164 g/mol. The van der Waals surface area contributed by atoms with Crippen molar-refractivity contribution in [1.82, 2.24) is 0 Å². The molecule has 1 N–H and O–H groups in total. The molecule has 1 aromatic carbocycles. The molecule has 1 aromatic rings. The fraction of sp³-hybridized carbons (Fsp3) is 0.222. The summed E-state index contributed by atoms with van der Waals surface area (Å²) in [6.07, 6.45) is 0. The minimum atomic E-state index is 0.610. The van der Waals surface area contributed by atoms with Crippen LogP contribution in [-0.4, -0.2) is 13.0 Å². The summed E-state index contributed by atoms with van der Waals surface area (Å²) in [7, 11) is 1.59. The van der Waals surface area contributed by atoms with Crippen LogP contribution in [-0.2, 0) is 4.74 Å². The minimum absolute atomic E-state index is 0.610. The third-order valence-corrected chi connectivity index (χ3v) is 1.41. The molecule has 0 spiro atoms. The topological polar surface area (TPSA) is 33.6 Å². The monoisotopic (exact) mass is 164 g/mol. The Morgan fingerprint density at radius 3 is 2.58 bits per heavy atom. The molecule has 0 saturated heterocycles. The summed E-state index contributed by atoms with van der Waals surface area (Å²) in [4.78, 5) is 0. The largest absolute Gasteiger partial charge is 0.483 e. The Morgan fingerprint density at radius 1 is 1.33 bits per heavy atom. The number of hydrazone groups is 1. The van der Waals surface area contributed by atoms with Crippen LogP contribution in [0.5, 0.6) is 0 Å². The fourth-order valence-corrected chi connectivity index (χ4v) is 0.702. The van der Waals surface area contributed by atoms with Gasteiger partial charge in [0.1, 0.15) is 0 Å². The lowest BCUT2D eigenvalue weighted by Gasteiger charge is -2.00. The van der Waals surface area contributed by atoms with Crippen LogP contribution in [0.2, 0.25) is 0 Å². The molecule has 0 fully saturated rings. The van der Waals surface area contributed by atoms with Crippen molar-refractivity contribution in [2.75, 3.05) is 12.5 Å². The second-order valence-electron chi connectivity index (χ2n) is 2.31. The molecule has 0 unspecified atom stereocenters. The van der Waals surface area contributed by atoms with Gasteiger partial charge < -0.3 is 4.74 Å². The molecule has 0 saturated carbocycles. The Bertz CT molecular complexity index is 256. The third-order valence-electron chi connectivity index (χ3n) is 1.41. The summed E-state index contributed by atoms with van der Waals surface area (Å²) >= 11 is 0. The second kappa shape index (κ2) is 4.38. The molecule has 64 valence electrons. The van der Waals surface area contributed by atoms with Gasteiger partial charge in [-0.15, -0.1) is 5.10 Å². The first-order valence-electron chi connectivity index (χ1n) is 3.72. The van der Waals surface area contributed by atoms with E-state index in [4.69, 9.17) is 4.74 Å². The first-order valence-corrected chi connectivity index (χ1v) is 3.72. The van der Waals surface area contributed by atoms with Gasteiger partial charge in [-0.3, -0.25) is 5.43 Å². The van der Waals surface area contributed by atoms with Gasteiger partial charge in [-0.05, 0) is 12.1 Å². The van der Waals surface area contributed by atoms with Gasteiger partial charge in [0.15, 0.2) is 0 Å². The molecule has 0 atom stereocenters. The highest BCUT2D eigenvalue weighted by Gasteiger charge is 1.87. The van der Waals surface area contributed by atoms with Gasteiger partial charge in [-0.1, -0.05) is 18.2 Å². The Hall–Kier alpha value is -1.51. The van der Waals surface area contributed by atoms with Gasteiger partial charge in [0.2, 0.25) is 5.90 Å². The number of anilines is 1. The van der Waals surface area contributed by atoms with Gasteiger partial charge >= 0.3 is 0 Å². The molecule has 0 aliphatic heterocycles. The zero-order valence-electron chi connectivity index (χ0n) is 7.24. The Labute approximate surface area is 72.1 Å². The lowest BCUT2D eigenvalue weighted by molar-refractivity contribution is 0.399. The SMILES string of the molecule is CO/C(C)=N/Nc1ccccc1. The Balaban J connectivity index is 2.54. The molecule has 0 aromatic heterocycles. The molecule has 0 aliphatic rings. The Morgan fingerprint density at radius 2 is 2.00 bits per heavy atom. The predicted octanol–water partition coefficient (Wildman–Crippen LogP) is 2.08. The zero-order valence-corrected chi connectivity index (χ0v) is 7.24. The maximum absolute atomic E-state index is 4.86. The van der Waals surface area contributed by atoms with E-state index in [1.807, 2.05) is 30.3 Å². The zero-order chi connectivity index (χ0) is 8.81. The molecule has 0 radical (unpaired) electrons. The van der Waals surface area contributed by atoms with Crippen molar-refractivity contribution in [1.29, 1.82) is 0 Å². The van der Waals surface area contributed by atoms with Crippen molar-refractivity contribution in [3.63, 3.8) is 0 Å². The molecule has 3 heteroatoms. The van der Waals surface area contributed by atoms with Crippen molar-refractivity contribution in [3.05, 3.63) is 30.3 Å². The molecule has 12 heavy (non-hydrogen) atoms. The van der Waals surface area contributed by atoms with E-state index in [0.717, 1.165) is 5.69 Å². The van der Waals surface area contributed by atoms with Gasteiger partial charge in [0.05, 0.1) is 12.8 Å². The van der Waals surface area contributed by atoms with E-state index in [2.05, 4.69) is 10.5 Å². The molecule has 0 aliphatic carbocycles. The highest BCUT2D eigenvalue weighted by Crippen LogP contribution is 2.04. The van der Waals surface area contributed by atoms with Crippen LogP contribution < -0.4 is 5.43 Å². The second-order valence-corrected chi connectivity index (χ2v) is 2.31. The van der Waals surface area contributed by atoms with Crippen molar-refractivity contribution in [3.8, 4) is 0 Å². The number of hydrogen-bond acceptors (Lipinski definition) is 3. The highest BCUT2D eigenvalue weighted by atomic mass is 16.5. The smallest absolute Gasteiger partial charge is 0.202 e. The summed E-state index contributed by atoms with van der Waals surface area (Å²) in [5.41, 5.74) is 3.81. The number of rotatable bonds is 2. The standard InChI is InChI=1S/C9H12N2O/c1-8(12-2)10-11-9-6-4-3-5-7-9/h3-7,11H,1-2H3/b10-8+. The maximum Gasteiger partial charge on any atom is 0.202 e. The van der Waals surface area contributed by atoms with Crippen molar-refractivity contribution in [2.45, 2.75) is 6.92 Å². The van der Waals surface area contributed by atoms with Gasteiger partial charge in [-0.2, -0.15) is 0 Å². The van der Waals surface area contributed by atoms with Crippen LogP contribution in [0.1, 0.15) is 6.92 Å². The van der Waals surface area contributed by atoms with Crippen LogP contribution in [0.4, 0.5) is 5.69 Å². The van der Waals surface area contributed by atoms with E-state index < -0.39 is 0 Å². The molecule has 0 heterocycles. The number of benzene rings is 1. The van der Waals surface area contributed by atoms with E-state index >= 15 is 0 Å². The lowest BCUT2D eigenvalue weighted by Crippen LogP contribution is -1.98. The fourth-order valence-electron chi connectivity index (χ4n) is 0.702. The van der Waals surface area contributed by atoms with Gasteiger partial charge in [0.25, 0.3) is 0 Å². The highest BCUT2D eigenvalue weighted by molar-refractivity contribution is 5.73. The van der Waals surface area contributed by atoms with E-state index in [0.29, 0.717) is 5.90 Å². The van der Waals surface area contributed by atoms with Crippen molar-refractivity contribution in [2.24, 2.45) is 5.10 Å². The molecule has 0 amide bonds. The number of methoxy groups -OCH3 is 1. The molecule has 1 rings (SSSR count). The van der Waals surface area contributed by atoms with Crippen molar-refractivity contribution < 1.29 is 4.74 Å². The van der Waals surface area contributed by atoms with Crippen molar-refractivity contribution >= 4 is 11.6 Å². The average Bonchev–Trinajstić information content (AvgIpc) is 2.16. The molecular formula is C9H12N2O. The van der Waals surface area contributed by atoms with E-state index in [1.165, 1.54) is 0 Å². The van der Waals surface area contributed by atoms with Crippen LogP contribution in [0.3, 0.4) is 0 Å². The van der Waals surface area contributed by atoms with E-state index in [-0.39, 0.29) is 0 Å². The van der Waals surface area contributed by atoms with Gasteiger partial charge in [-0.25, -0.2) is 0 Å². The maximum atomic E-state index is 4.86. The minimum Gasteiger partial charge on any atom is -0.483 e. The quantitative estimate of drug-likeness (QED) is 0.412. The predicted molar refractivity (Wildman–Crippen MR) is 50.2 cm³/mol. The van der Waals surface area contributed by atoms with E-state index in [9.17, 15) is 0 Å². The van der Waals surface area contributed by atoms with Crippen LogP contribution >= 0.6 is 0 Å². The first-order chi connectivity index (χ1) is 5.83. The molecule has 0 bridgehead atoms. The Kier molecular flexibility index (Phi) is 3.14. The summed E-state index contributed by atoms with van der Waals surface area (Å²) in [6.45, 7) is 1.79. The number of para-hydroxylation sites is 1. The lowest BCUT2D eigenvalue weighted by atomic mass is 10.3. The number of ether oxygens (including phenoxy) is 1. The van der Waals surface area contributed by atoms with Gasteiger partial charge in [0, 0.05) is 6.92 Å². The van der Waals surface area contributed by atoms with Crippen LogP contribution in [0, 0.1) is 0 Å². The third kappa shape index (κ3) is 2.62. The molecular weight excluding hydrogens is 152 g/mol. The summed E-state index contributed by atoms with van der Waals surface area (Å²) in [5, 5.41) is 3.96. The van der Waals surface area contributed by atoms with Crippen LogP contribution in [0.15, 0.2) is 35.4 Å².